The van der Waals surface area contributed by atoms with Crippen molar-refractivity contribution in [1.82, 2.24) is 4.98 Å². The molecular weight excluding hydrogens is 285 g/mol. The molecule has 1 saturated carbocycles. The lowest BCUT2D eigenvalue weighted by atomic mass is 9.81. The van der Waals surface area contributed by atoms with Crippen LogP contribution in [0.25, 0.3) is 0 Å². The first-order valence-electron chi connectivity index (χ1n) is 8.52. The van der Waals surface area contributed by atoms with Gasteiger partial charge in [-0.1, -0.05) is 64.0 Å². The summed E-state index contributed by atoms with van der Waals surface area (Å²) in [5.74, 6) is 0. The van der Waals surface area contributed by atoms with Crippen LogP contribution in [0, 0.1) is 0 Å². The maximum atomic E-state index is 4.42. The Morgan fingerprint density at radius 1 is 1.23 bits per heavy atom. The molecule has 2 aliphatic carbocycles. The first-order valence-corrected chi connectivity index (χ1v) is 9.93. The number of rotatable bonds is 3. The minimum Gasteiger partial charge on any atom is -0.264 e. The van der Waals surface area contributed by atoms with Gasteiger partial charge in [-0.15, -0.1) is 0 Å². The van der Waals surface area contributed by atoms with Crippen molar-refractivity contribution in [3.63, 3.8) is 0 Å². The summed E-state index contributed by atoms with van der Waals surface area (Å²) in [7, 11) is -0.259. The molecule has 0 radical (unpaired) electrons. The van der Waals surface area contributed by atoms with Crippen LogP contribution in [-0.2, 0) is 0 Å². The van der Waals surface area contributed by atoms with Gasteiger partial charge in [-0.2, -0.15) is 0 Å². The third-order valence-electron chi connectivity index (χ3n) is 5.18. The predicted molar refractivity (Wildman–Crippen MR) is 98.2 cm³/mol. The predicted octanol–water partition coefficient (Wildman–Crippen LogP) is 5.58. The second kappa shape index (κ2) is 5.93. The highest BCUT2D eigenvalue weighted by Crippen LogP contribution is 2.64. The van der Waals surface area contributed by atoms with Gasteiger partial charge in [-0.3, -0.25) is 4.98 Å². The van der Waals surface area contributed by atoms with Crippen molar-refractivity contribution in [3.8, 4) is 0 Å². The van der Waals surface area contributed by atoms with Gasteiger partial charge in [0.15, 0.2) is 0 Å². The smallest absolute Gasteiger partial charge is 0.0345 e. The lowest BCUT2D eigenvalue weighted by Crippen LogP contribution is -2.36. The fraction of sp³-hybridized carbons (Fsp3) is 0.550. The largest absolute Gasteiger partial charge is 0.264 e. The second-order valence-corrected chi connectivity index (χ2v) is 10.7. The first kappa shape index (κ1) is 15.9. The van der Waals surface area contributed by atoms with E-state index >= 15 is 0 Å². The number of nitrogens with zero attached hydrogens (tertiary/aromatic N) is 1. The molecule has 1 heterocycles. The van der Waals surface area contributed by atoms with Crippen molar-refractivity contribution in [2.45, 2.75) is 71.1 Å². The average molecular weight is 313 g/mol. The molecule has 1 aromatic rings. The highest BCUT2D eigenvalue weighted by atomic mass is 31.1. The fourth-order valence-electron chi connectivity index (χ4n) is 3.98. The van der Waals surface area contributed by atoms with Gasteiger partial charge in [0, 0.05) is 18.1 Å². The van der Waals surface area contributed by atoms with E-state index in [2.05, 4.69) is 57.9 Å². The zero-order chi connectivity index (χ0) is 15.9. The Hall–Kier alpha value is -0.940. The van der Waals surface area contributed by atoms with E-state index in [-0.39, 0.29) is 7.92 Å². The topological polar surface area (TPSA) is 12.9 Å². The highest BCUT2D eigenvalue weighted by Gasteiger charge is 2.45. The van der Waals surface area contributed by atoms with Crippen molar-refractivity contribution in [3.05, 3.63) is 46.8 Å². The molecule has 0 saturated heterocycles. The quantitative estimate of drug-likeness (QED) is 0.524. The zero-order valence-electron chi connectivity index (χ0n) is 14.6. The summed E-state index contributed by atoms with van der Waals surface area (Å²) in [5, 5.41) is 1.78. The third-order valence-corrected chi connectivity index (χ3v) is 8.58. The van der Waals surface area contributed by atoms with Crippen molar-refractivity contribution in [2.24, 2.45) is 0 Å². The normalized spacial score (nSPS) is 23.2. The van der Waals surface area contributed by atoms with Crippen LogP contribution in [0.4, 0.5) is 0 Å². The van der Waals surface area contributed by atoms with Gasteiger partial charge in [0.2, 0.25) is 0 Å². The lowest BCUT2D eigenvalue weighted by Gasteiger charge is -2.47. The summed E-state index contributed by atoms with van der Waals surface area (Å²) in [5.41, 5.74) is 7.63. The second-order valence-electron chi connectivity index (χ2n) is 7.62. The molecule has 2 heteroatoms. The number of fused-ring (bicyclic) bond motifs is 2. The summed E-state index contributed by atoms with van der Waals surface area (Å²) in [6, 6.07) is 4.41. The molecule has 0 amide bonds. The minimum atomic E-state index is -0.259. The monoisotopic (exact) mass is 313 g/mol. The highest BCUT2D eigenvalue weighted by molar-refractivity contribution is 7.68. The molecular formula is C20H28NP. The van der Waals surface area contributed by atoms with Gasteiger partial charge < -0.3 is 0 Å². The van der Waals surface area contributed by atoms with Crippen molar-refractivity contribution >= 4 is 13.2 Å². The Balaban J connectivity index is 2.10. The van der Waals surface area contributed by atoms with E-state index in [9.17, 15) is 0 Å². The summed E-state index contributed by atoms with van der Waals surface area (Å²) >= 11 is 0. The number of aromatic nitrogens is 1. The lowest BCUT2D eigenvalue weighted by molar-refractivity contribution is 0.750. The fourth-order valence-corrected chi connectivity index (χ4v) is 7.47. The summed E-state index contributed by atoms with van der Waals surface area (Å²) in [4.78, 5) is 4.42. The average Bonchev–Trinajstić information content (AvgIpc) is 2.70. The van der Waals surface area contributed by atoms with Crippen LogP contribution in [0.15, 0.2) is 46.8 Å². The minimum absolute atomic E-state index is 0.259. The Kier molecular flexibility index (Phi) is 4.29. The SMILES string of the molecule is CCC1=C2CC(=C(C)CC1)[C@H]2P(c1cccnc1)C(C)(C)C. The molecule has 0 spiro atoms. The summed E-state index contributed by atoms with van der Waals surface area (Å²) < 4.78 is 0. The van der Waals surface area contributed by atoms with Gasteiger partial charge in [0.25, 0.3) is 0 Å². The number of allylic oxidation sites excluding steroid dienone is 4. The molecule has 2 aliphatic rings. The van der Waals surface area contributed by atoms with E-state index in [1.165, 1.54) is 31.0 Å². The van der Waals surface area contributed by atoms with Crippen LogP contribution in [0.1, 0.15) is 60.3 Å². The van der Waals surface area contributed by atoms with Gasteiger partial charge in [-0.05, 0) is 49.1 Å². The molecule has 1 fully saturated rings. The maximum absolute atomic E-state index is 4.42. The van der Waals surface area contributed by atoms with Crippen molar-refractivity contribution in [1.29, 1.82) is 0 Å². The number of hydrogen-bond acceptors (Lipinski definition) is 1. The molecule has 0 aliphatic heterocycles. The van der Waals surface area contributed by atoms with Crippen LogP contribution < -0.4 is 5.30 Å². The van der Waals surface area contributed by atoms with Crippen LogP contribution in [0.5, 0.6) is 0 Å². The van der Waals surface area contributed by atoms with E-state index in [1.54, 1.807) is 22.3 Å². The van der Waals surface area contributed by atoms with E-state index in [0.717, 1.165) is 0 Å². The third kappa shape index (κ3) is 2.69. The van der Waals surface area contributed by atoms with Gasteiger partial charge in [-0.25, -0.2) is 0 Å². The summed E-state index contributed by atoms with van der Waals surface area (Å²) in [6.07, 6.45) is 9.07. The van der Waals surface area contributed by atoms with Gasteiger partial charge in [0.05, 0.1) is 0 Å². The molecule has 0 aromatic carbocycles. The molecule has 1 unspecified atom stereocenters. The molecule has 3 rings (SSSR count). The Morgan fingerprint density at radius 2 is 2.00 bits per heavy atom. The van der Waals surface area contributed by atoms with Crippen LogP contribution in [0.3, 0.4) is 0 Å². The molecule has 118 valence electrons. The van der Waals surface area contributed by atoms with E-state index < -0.39 is 0 Å². The van der Waals surface area contributed by atoms with E-state index in [4.69, 9.17) is 0 Å². The maximum Gasteiger partial charge on any atom is 0.0345 e. The molecule has 2 bridgehead atoms. The molecule has 0 N–H and O–H groups in total. The molecule has 1 aromatic heterocycles. The van der Waals surface area contributed by atoms with Crippen LogP contribution in [0.2, 0.25) is 0 Å². The standard InChI is InChI=1S/C20H28NP/c1-6-15-10-9-14(2)17-12-18(15)19(17)22(20(3,4)5)16-8-7-11-21-13-16/h7-8,11,13,19H,6,9-10,12H2,1-5H3/t19-,22?/m1/s1. The van der Waals surface area contributed by atoms with Gasteiger partial charge >= 0.3 is 0 Å². The van der Waals surface area contributed by atoms with Crippen LogP contribution in [-0.4, -0.2) is 15.8 Å². The summed E-state index contributed by atoms with van der Waals surface area (Å²) in [6.45, 7) is 12.0. The van der Waals surface area contributed by atoms with E-state index in [1.807, 2.05) is 6.20 Å². The number of hydrogen-bond donors (Lipinski definition) is 0. The van der Waals surface area contributed by atoms with E-state index in [0.29, 0.717) is 10.8 Å². The number of pyridine rings is 1. The Bertz CT molecular complexity index is 619. The Labute approximate surface area is 136 Å². The molecule has 2 atom stereocenters. The van der Waals surface area contributed by atoms with Crippen molar-refractivity contribution in [2.75, 3.05) is 0 Å². The molecule has 22 heavy (non-hydrogen) atoms. The Morgan fingerprint density at radius 3 is 2.59 bits per heavy atom. The first-order chi connectivity index (χ1) is 10.4. The zero-order valence-corrected chi connectivity index (χ0v) is 15.5. The molecule has 1 nitrogen and oxygen atoms in total. The van der Waals surface area contributed by atoms with Crippen LogP contribution >= 0.6 is 7.92 Å². The van der Waals surface area contributed by atoms with Crippen molar-refractivity contribution < 1.29 is 0 Å². The van der Waals surface area contributed by atoms with Gasteiger partial charge in [0.1, 0.15) is 0 Å².